The first-order chi connectivity index (χ1) is 15.5. The first kappa shape index (κ1) is 22.6. The third-order valence-electron chi connectivity index (χ3n) is 4.60. The molecule has 1 N–H and O–H groups in total. The molecule has 0 saturated carbocycles. The van der Waals surface area contributed by atoms with Gasteiger partial charge in [-0.15, -0.1) is 0 Å². The molecule has 8 nitrogen and oxygen atoms in total. The van der Waals surface area contributed by atoms with Crippen molar-refractivity contribution >= 4 is 23.5 Å². The highest BCUT2D eigenvalue weighted by molar-refractivity contribution is 6.06. The van der Waals surface area contributed by atoms with Gasteiger partial charge >= 0.3 is 0 Å². The van der Waals surface area contributed by atoms with Crippen LogP contribution in [0.1, 0.15) is 22.8 Å². The van der Waals surface area contributed by atoms with Gasteiger partial charge in [0, 0.05) is 12.7 Å². The Hall–Kier alpha value is -4.07. The van der Waals surface area contributed by atoms with E-state index in [1.54, 1.807) is 59.5 Å². The van der Waals surface area contributed by atoms with E-state index in [2.05, 4.69) is 10.4 Å². The van der Waals surface area contributed by atoms with Gasteiger partial charge in [-0.1, -0.05) is 24.3 Å². The van der Waals surface area contributed by atoms with Crippen molar-refractivity contribution in [1.82, 2.24) is 9.78 Å². The Morgan fingerprint density at radius 2 is 1.84 bits per heavy atom. The summed E-state index contributed by atoms with van der Waals surface area (Å²) in [6, 6.07) is 12.3. The monoisotopic (exact) mass is 435 g/mol. The molecule has 166 valence electrons. The number of benzene rings is 2. The minimum absolute atomic E-state index is 0.142. The Labute approximate surface area is 186 Å². The van der Waals surface area contributed by atoms with Crippen molar-refractivity contribution in [3.8, 4) is 17.2 Å². The molecule has 3 aromatic rings. The van der Waals surface area contributed by atoms with E-state index in [9.17, 15) is 9.59 Å². The zero-order valence-electron chi connectivity index (χ0n) is 18.2. The van der Waals surface area contributed by atoms with Crippen molar-refractivity contribution in [2.75, 3.05) is 26.1 Å². The van der Waals surface area contributed by atoms with E-state index in [4.69, 9.17) is 14.2 Å². The fourth-order valence-corrected chi connectivity index (χ4v) is 2.92. The third-order valence-corrected chi connectivity index (χ3v) is 4.60. The number of carbonyl (C=O) groups excluding carboxylic acids is 2. The Bertz CT molecular complexity index is 1120. The number of methoxy groups -OCH3 is 2. The van der Waals surface area contributed by atoms with E-state index in [1.807, 2.05) is 13.0 Å². The van der Waals surface area contributed by atoms with E-state index >= 15 is 0 Å². The van der Waals surface area contributed by atoms with Crippen molar-refractivity contribution in [2.45, 2.75) is 13.5 Å². The number of aryl methyl sites for hydroxylation is 1. The zero-order chi connectivity index (χ0) is 22.9. The molecule has 2 aromatic carbocycles. The van der Waals surface area contributed by atoms with Crippen LogP contribution in [0.15, 0.2) is 60.9 Å². The highest BCUT2D eigenvalue weighted by Gasteiger charge is 2.11. The van der Waals surface area contributed by atoms with Gasteiger partial charge in [0.2, 0.25) is 0 Å². The molecule has 0 fully saturated rings. The number of ether oxygens (including phenoxy) is 3. The summed E-state index contributed by atoms with van der Waals surface area (Å²) < 4.78 is 17.9. The first-order valence-electron chi connectivity index (χ1n) is 10.0. The normalized spacial score (nSPS) is 10.7. The molecular formula is C24H25N3O5. The van der Waals surface area contributed by atoms with Crippen molar-refractivity contribution in [3.05, 3.63) is 72.1 Å². The summed E-state index contributed by atoms with van der Waals surface area (Å²) in [7, 11) is 3.04. The number of rotatable bonds is 10. The van der Waals surface area contributed by atoms with Crippen molar-refractivity contribution in [3.63, 3.8) is 0 Å². The van der Waals surface area contributed by atoms with Crippen LogP contribution >= 0.6 is 0 Å². The number of para-hydroxylation sites is 2. The molecule has 0 unspecified atom stereocenters. The van der Waals surface area contributed by atoms with Gasteiger partial charge in [-0.3, -0.25) is 14.3 Å². The molecule has 1 heterocycles. The summed E-state index contributed by atoms with van der Waals surface area (Å²) in [6.07, 6.45) is 6.42. The van der Waals surface area contributed by atoms with Crippen LogP contribution in [-0.2, 0) is 11.3 Å². The van der Waals surface area contributed by atoms with E-state index < -0.39 is 0 Å². The lowest BCUT2D eigenvalue weighted by Crippen LogP contribution is -2.20. The molecule has 0 radical (unpaired) electrons. The topological polar surface area (TPSA) is 91.7 Å². The standard InChI is InChI=1S/C24H25N3O5/c1-4-27-15-18(14-25-27)20(28)11-9-17-10-12-22(23(13-17)31-3)32-16-24(29)26-19-7-5-6-8-21(19)30-2/h5-15H,4,16H2,1-3H3,(H,26,29)/b11-9+. The minimum Gasteiger partial charge on any atom is -0.495 e. The maximum Gasteiger partial charge on any atom is 0.262 e. The first-order valence-corrected chi connectivity index (χ1v) is 10.0. The summed E-state index contributed by atoms with van der Waals surface area (Å²) in [6.45, 7) is 2.45. The zero-order valence-corrected chi connectivity index (χ0v) is 18.2. The minimum atomic E-state index is -0.334. The number of allylic oxidation sites excluding steroid dienone is 1. The highest BCUT2D eigenvalue weighted by Crippen LogP contribution is 2.29. The van der Waals surface area contributed by atoms with Crippen molar-refractivity contribution in [2.24, 2.45) is 0 Å². The van der Waals surface area contributed by atoms with E-state index in [0.29, 0.717) is 35.0 Å². The Balaban J connectivity index is 1.62. The molecule has 3 rings (SSSR count). The summed E-state index contributed by atoms with van der Waals surface area (Å²) >= 11 is 0. The molecule has 1 amide bonds. The van der Waals surface area contributed by atoms with Crippen molar-refractivity contribution < 1.29 is 23.8 Å². The molecule has 0 spiro atoms. The molecule has 0 aliphatic heterocycles. The molecule has 0 aliphatic rings. The fraction of sp³-hybridized carbons (Fsp3) is 0.208. The molecule has 0 bridgehead atoms. The Kier molecular flexibility index (Phi) is 7.64. The maximum atomic E-state index is 12.3. The summed E-state index contributed by atoms with van der Waals surface area (Å²) in [5.74, 6) is 0.945. The number of amides is 1. The molecule has 32 heavy (non-hydrogen) atoms. The van der Waals surface area contributed by atoms with Crippen LogP contribution in [0.4, 0.5) is 5.69 Å². The molecule has 0 saturated heterocycles. The summed E-state index contributed by atoms with van der Waals surface area (Å²) in [4.78, 5) is 24.6. The number of nitrogens with one attached hydrogen (secondary N) is 1. The van der Waals surface area contributed by atoms with Gasteiger partial charge in [0.25, 0.3) is 5.91 Å². The van der Waals surface area contributed by atoms with Gasteiger partial charge in [0.05, 0.1) is 31.7 Å². The van der Waals surface area contributed by atoms with Crippen LogP contribution in [0, 0.1) is 0 Å². The quantitative estimate of drug-likeness (QED) is 0.384. The van der Waals surface area contributed by atoms with Crippen LogP contribution in [0.5, 0.6) is 17.2 Å². The number of nitrogens with zero attached hydrogens (tertiary/aromatic N) is 2. The lowest BCUT2D eigenvalue weighted by molar-refractivity contribution is -0.118. The molecule has 8 heteroatoms. The Morgan fingerprint density at radius 1 is 1.06 bits per heavy atom. The predicted octanol–water partition coefficient (Wildman–Crippen LogP) is 3.83. The largest absolute Gasteiger partial charge is 0.495 e. The van der Waals surface area contributed by atoms with Gasteiger partial charge in [0.1, 0.15) is 5.75 Å². The number of hydrogen-bond acceptors (Lipinski definition) is 6. The van der Waals surface area contributed by atoms with Gasteiger partial charge in [-0.25, -0.2) is 0 Å². The van der Waals surface area contributed by atoms with Gasteiger partial charge < -0.3 is 19.5 Å². The maximum absolute atomic E-state index is 12.3. The lowest BCUT2D eigenvalue weighted by atomic mass is 10.1. The average molecular weight is 435 g/mol. The van der Waals surface area contributed by atoms with Crippen LogP contribution in [-0.4, -0.2) is 42.3 Å². The average Bonchev–Trinajstić information content (AvgIpc) is 3.31. The number of hydrogen-bond donors (Lipinski definition) is 1. The van der Waals surface area contributed by atoms with Crippen molar-refractivity contribution in [1.29, 1.82) is 0 Å². The van der Waals surface area contributed by atoms with E-state index in [0.717, 1.165) is 5.56 Å². The number of anilines is 1. The second-order valence-electron chi connectivity index (χ2n) is 6.73. The highest BCUT2D eigenvalue weighted by atomic mass is 16.5. The summed E-state index contributed by atoms with van der Waals surface area (Å²) in [5, 5.41) is 6.86. The lowest BCUT2D eigenvalue weighted by Gasteiger charge is -2.12. The molecule has 1 aromatic heterocycles. The molecule has 0 atom stereocenters. The molecule has 0 aliphatic carbocycles. The van der Waals surface area contributed by atoms with E-state index in [-0.39, 0.29) is 18.3 Å². The third kappa shape index (κ3) is 5.75. The Morgan fingerprint density at radius 3 is 2.56 bits per heavy atom. The van der Waals surface area contributed by atoms with Gasteiger partial charge in [-0.05, 0) is 42.8 Å². The fourth-order valence-electron chi connectivity index (χ4n) is 2.92. The van der Waals surface area contributed by atoms with Crippen LogP contribution in [0.2, 0.25) is 0 Å². The van der Waals surface area contributed by atoms with Gasteiger partial charge in [0.15, 0.2) is 23.9 Å². The second kappa shape index (κ2) is 10.8. The second-order valence-corrected chi connectivity index (χ2v) is 6.73. The predicted molar refractivity (Wildman–Crippen MR) is 121 cm³/mol. The number of aromatic nitrogens is 2. The van der Waals surface area contributed by atoms with E-state index in [1.165, 1.54) is 20.3 Å². The van der Waals surface area contributed by atoms with Gasteiger partial charge in [-0.2, -0.15) is 5.10 Å². The number of ketones is 1. The van der Waals surface area contributed by atoms with Crippen LogP contribution < -0.4 is 19.5 Å². The summed E-state index contributed by atoms with van der Waals surface area (Å²) in [5.41, 5.74) is 1.84. The SMILES string of the molecule is CCn1cc(C(=O)/C=C/c2ccc(OCC(=O)Nc3ccccc3OC)c(OC)c2)cn1. The molecular weight excluding hydrogens is 410 g/mol. The smallest absolute Gasteiger partial charge is 0.262 e. The van der Waals surface area contributed by atoms with Crippen LogP contribution in [0.25, 0.3) is 6.08 Å². The van der Waals surface area contributed by atoms with Crippen LogP contribution in [0.3, 0.4) is 0 Å². The number of carbonyl (C=O) groups is 2.